The van der Waals surface area contributed by atoms with Crippen LogP contribution in [-0.4, -0.2) is 63.8 Å². The zero-order valence-electron chi connectivity index (χ0n) is 18.3. The fourth-order valence-electron chi connectivity index (χ4n) is 4.27. The maximum absolute atomic E-state index is 12.8. The van der Waals surface area contributed by atoms with Crippen LogP contribution in [0.25, 0.3) is 0 Å². The minimum atomic E-state index is -3.21. The highest BCUT2D eigenvalue weighted by Crippen LogP contribution is 2.29. The van der Waals surface area contributed by atoms with E-state index in [1.165, 1.54) is 5.56 Å². The lowest BCUT2D eigenvalue weighted by Crippen LogP contribution is -2.43. The number of anilines is 1. The zero-order chi connectivity index (χ0) is 22.2. The molecule has 0 spiro atoms. The fourth-order valence-corrected chi connectivity index (χ4v) is 5.45. The number of aromatic nitrogens is 3. The molecule has 1 N–H and O–H groups in total. The molecule has 10 heteroatoms. The van der Waals surface area contributed by atoms with Crippen molar-refractivity contribution in [2.24, 2.45) is 0 Å². The number of piperidine rings is 1. The number of aryl methyl sites for hydroxylation is 2. The van der Waals surface area contributed by atoms with Gasteiger partial charge in [-0.15, -0.1) is 10.2 Å². The number of rotatable bonds is 4. The summed E-state index contributed by atoms with van der Waals surface area (Å²) in [6.45, 7) is 8.30. The SMILES string of the molecule is CCS(=O)(=O)N1CCCC(c2nnc3n2CCN(C(=O)Nc2ccc(C)c(C)c2)C3)C1. The van der Waals surface area contributed by atoms with E-state index in [0.717, 1.165) is 35.7 Å². The second-order valence-corrected chi connectivity index (χ2v) is 10.6. The molecule has 9 nitrogen and oxygen atoms in total. The van der Waals surface area contributed by atoms with Crippen molar-refractivity contribution in [3.05, 3.63) is 41.0 Å². The predicted octanol–water partition coefficient (Wildman–Crippen LogP) is 2.47. The van der Waals surface area contributed by atoms with Gasteiger partial charge in [0.25, 0.3) is 0 Å². The zero-order valence-corrected chi connectivity index (χ0v) is 19.2. The highest BCUT2D eigenvalue weighted by Gasteiger charge is 2.33. The Hall–Kier alpha value is -2.46. The maximum atomic E-state index is 12.8. The number of hydrogen-bond donors (Lipinski definition) is 1. The quantitative estimate of drug-likeness (QED) is 0.778. The summed E-state index contributed by atoms with van der Waals surface area (Å²) >= 11 is 0. The highest BCUT2D eigenvalue weighted by atomic mass is 32.2. The van der Waals surface area contributed by atoms with Gasteiger partial charge in [0.15, 0.2) is 5.82 Å². The second-order valence-electron chi connectivity index (χ2n) is 8.37. The van der Waals surface area contributed by atoms with Gasteiger partial charge < -0.3 is 14.8 Å². The van der Waals surface area contributed by atoms with Crippen LogP contribution in [0, 0.1) is 13.8 Å². The molecule has 1 aromatic heterocycles. The molecule has 1 aromatic carbocycles. The molecule has 1 saturated heterocycles. The number of amides is 2. The minimum Gasteiger partial charge on any atom is -0.315 e. The average Bonchev–Trinajstić information content (AvgIpc) is 3.19. The average molecular weight is 447 g/mol. The molecule has 2 aromatic rings. The monoisotopic (exact) mass is 446 g/mol. The molecule has 2 aliphatic heterocycles. The van der Waals surface area contributed by atoms with Crippen LogP contribution in [-0.2, 0) is 23.1 Å². The van der Waals surface area contributed by atoms with Gasteiger partial charge in [0.2, 0.25) is 10.0 Å². The van der Waals surface area contributed by atoms with Crippen molar-refractivity contribution >= 4 is 21.7 Å². The molecular weight excluding hydrogens is 416 g/mol. The third-order valence-electron chi connectivity index (χ3n) is 6.33. The van der Waals surface area contributed by atoms with Crippen LogP contribution in [0.5, 0.6) is 0 Å². The van der Waals surface area contributed by atoms with Gasteiger partial charge >= 0.3 is 6.03 Å². The largest absolute Gasteiger partial charge is 0.322 e. The molecule has 168 valence electrons. The third-order valence-corrected chi connectivity index (χ3v) is 8.18. The van der Waals surface area contributed by atoms with E-state index in [2.05, 4.69) is 20.1 Å². The molecule has 1 atom stereocenters. The summed E-state index contributed by atoms with van der Waals surface area (Å²) in [5, 5.41) is 11.7. The fraction of sp³-hybridized carbons (Fsp3) is 0.571. The molecule has 0 radical (unpaired) electrons. The van der Waals surface area contributed by atoms with Crippen molar-refractivity contribution in [1.29, 1.82) is 0 Å². The molecule has 2 amide bonds. The van der Waals surface area contributed by atoms with E-state index in [-0.39, 0.29) is 17.7 Å². The first-order valence-corrected chi connectivity index (χ1v) is 12.4. The van der Waals surface area contributed by atoms with Crippen LogP contribution in [0.1, 0.15) is 48.5 Å². The lowest BCUT2D eigenvalue weighted by atomic mass is 9.98. The summed E-state index contributed by atoms with van der Waals surface area (Å²) in [7, 11) is -3.21. The van der Waals surface area contributed by atoms with Gasteiger partial charge in [0.1, 0.15) is 5.82 Å². The maximum Gasteiger partial charge on any atom is 0.322 e. The van der Waals surface area contributed by atoms with Crippen LogP contribution in [0.4, 0.5) is 10.5 Å². The van der Waals surface area contributed by atoms with Crippen LogP contribution < -0.4 is 5.32 Å². The molecule has 1 unspecified atom stereocenters. The third kappa shape index (κ3) is 4.45. The van der Waals surface area contributed by atoms with E-state index in [9.17, 15) is 13.2 Å². The predicted molar refractivity (Wildman–Crippen MR) is 118 cm³/mol. The van der Waals surface area contributed by atoms with Gasteiger partial charge in [-0.05, 0) is 56.9 Å². The van der Waals surface area contributed by atoms with Crippen molar-refractivity contribution in [2.75, 3.05) is 30.7 Å². The Balaban J connectivity index is 1.44. The molecule has 0 aliphatic carbocycles. The first-order valence-electron chi connectivity index (χ1n) is 10.8. The van der Waals surface area contributed by atoms with Gasteiger partial charge in [-0.3, -0.25) is 0 Å². The van der Waals surface area contributed by atoms with Crippen LogP contribution in [0.2, 0.25) is 0 Å². The lowest BCUT2D eigenvalue weighted by molar-refractivity contribution is 0.194. The number of carbonyl (C=O) groups excluding carboxylic acids is 1. The summed E-state index contributed by atoms with van der Waals surface area (Å²) in [6, 6.07) is 5.72. The van der Waals surface area contributed by atoms with Gasteiger partial charge in [0, 0.05) is 37.8 Å². The van der Waals surface area contributed by atoms with Crippen LogP contribution >= 0.6 is 0 Å². The molecular formula is C21H30N6O3S. The Morgan fingerprint density at radius 3 is 2.71 bits per heavy atom. The van der Waals surface area contributed by atoms with E-state index in [4.69, 9.17) is 0 Å². The molecule has 4 rings (SSSR count). The minimum absolute atomic E-state index is 0.0345. The Bertz CT molecular complexity index is 1080. The molecule has 31 heavy (non-hydrogen) atoms. The number of sulfonamides is 1. The number of carbonyl (C=O) groups is 1. The van der Waals surface area contributed by atoms with Crippen molar-refractivity contribution in [2.45, 2.75) is 52.6 Å². The number of nitrogens with zero attached hydrogens (tertiary/aromatic N) is 5. The lowest BCUT2D eigenvalue weighted by Gasteiger charge is -2.33. The highest BCUT2D eigenvalue weighted by molar-refractivity contribution is 7.89. The Labute approximate surface area is 183 Å². The summed E-state index contributed by atoms with van der Waals surface area (Å²) in [6.07, 6.45) is 1.71. The number of nitrogens with one attached hydrogen (secondary N) is 1. The molecule has 2 aliphatic rings. The summed E-state index contributed by atoms with van der Waals surface area (Å²) in [5.74, 6) is 1.72. The Kier molecular flexibility index (Phi) is 6.02. The van der Waals surface area contributed by atoms with Crippen LogP contribution in [0.3, 0.4) is 0 Å². The van der Waals surface area contributed by atoms with Crippen LogP contribution in [0.15, 0.2) is 18.2 Å². The smallest absolute Gasteiger partial charge is 0.315 e. The Morgan fingerprint density at radius 2 is 1.97 bits per heavy atom. The van der Waals surface area contributed by atoms with Crippen molar-refractivity contribution in [1.82, 2.24) is 24.0 Å². The van der Waals surface area contributed by atoms with E-state index in [1.54, 1.807) is 16.1 Å². The van der Waals surface area contributed by atoms with Crippen molar-refractivity contribution < 1.29 is 13.2 Å². The van der Waals surface area contributed by atoms with Gasteiger partial charge in [0.05, 0.1) is 12.3 Å². The molecule has 0 bridgehead atoms. The van der Waals surface area contributed by atoms with E-state index < -0.39 is 10.0 Å². The van der Waals surface area contributed by atoms with Gasteiger partial charge in [-0.2, -0.15) is 0 Å². The molecule has 0 saturated carbocycles. The van der Waals surface area contributed by atoms with Crippen molar-refractivity contribution in [3.8, 4) is 0 Å². The first kappa shape index (κ1) is 21.8. The summed E-state index contributed by atoms with van der Waals surface area (Å²) in [5.41, 5.74) is 3.09. The number of fused-ring (bicyclic) bond motifs is 1. The second kappa shape index (κ2) is 8.58. The van der Waals surface area contributed by atoms with E-state index in [1.807, 2.05) is 32.0 Å². The number of benzene rings is 1. The summed E-state index contributed by atoms with van der Waals surface area (Å²) < 4.78 is 28.2. The standard InChI is InChI=1S/C21H30N6O3S/c1-4-31(29,30)26-9-5-6-17(13-26)20-24-23-19-14-25(10-11-27(19)20)21(28)22-18-8-7-15(2)16(3)12-18/h7-8,12,17H,4-6,9-11,13-14H2,1-3H3,(H,22,28). The van der Waals surface area contributed by atoms with Gasteiger partial charge in [-0.1, -0.05) is 6.07 Å². The van der Waals surface area contributed by atoms with E-state index in [0.29, 0.717) is 32.7 Å². The van der Waals surface area contributed by atoms with Crippen molar-refractivity contribution in [3.63, 3.8) is 0 Å². The number of hydrogen-bond acceptors (Lipinski definition) is 5. The first-order chi connectivity index (χ1) is 14.8. The number of urea groups is 1. The molecule has 1 fully saturated rings. The normalized spacial score (nSPS) is 19.8. The molecule has 3 heterocycles. The topological polar surface area (TPSA) is 100 Å². The van der Waals surface area contributed by atoms with E-state index >= 15 is 0 Å². The Morgan fingerprint density at radius 1 is 1.16 bits per heavy atom. The summed E-state index contributed by atoms with van der Waals surface area (Å²) in [4.78, 5) is 14.5. The van der Waals surface area contributed by atoms with Gasteiger partial charge in [-0.25, -0.2) is 17.5 Å².